The zero-order valence-corrected chi connectivity index (χ0v) is 9.98. The summed E-state index contributed by atoms with van der Waals surface area (Å²) in [6.07, 6.45) is 1.35. The van der Waals surface area contributed by atoms with Crippen LogP contribution in [0.3, 0.4) is 0 Å². The summed E-state index contributed by atoms with van der Waals surface area (Å²) in [5.41, 5.74) is 0.456. The maximum atomic E-state index is 11.6. The van der Waals surface area contributed by atoms with Crippen molar-refractivity contribution in [3.63, 3.8) is 0 Å². The van der Waals surface area contributed by atoms with Gasteiger partial charge in [-0.3, -0.25) is 4.79 Å². The van der Waals surface area contributed by atoms with E-state index in [1.165, 1.54) is 11.0 Å². The molecule has 6 nitrogen and oxygen atoms in total. The molecule has 17 heavy (non-hydrogen) atoms. The molecule has 0 bridgehead atoms. The molecule has 1 aromatic heterocycles. The van der Waals surface area contributed by atoms with Crippen molar-refractivity contribution >= 4 is 34.8 Å². The Morgan fingerprint density at radius 2 is 2.24 bits per heavy atom. The molecule has 8 heteroatoms. The lowest BCUT2D eigenvalue weighted by atomic mass is 10.3. The fourth-order valence-electron chi connectivity index (χ4n) is 1.18. The van der Waals surface area contributed by atoms with Gasteiger partial charge in [-0.2, -0.15) is 0 Å². The van der Waals surface area contributed by atoms with E-state index in [0.717, 1.165) is 0 Å². The van der Waals surface area contributed by atoms with Crippen molar-refractivity contribution in [3.8, 4) is 0 Å². The molecule has 1 aromatic carbocycles. The average molecular weight is 272 g/mol. The number of benzene rings is 1. The van der Waals surface area contributed by atoms with Gasteiger partial charge in [0, 0.05) is 5.02 Å². The number of rotatable bonds is 3. The lowest BCUT2D eigenvalue weighted by Gasteiger charge is -2.07. The number of anilines is 1. The number of amides is 1. The molecule has 1 heterocycles. The van der Waals surface area contributed by atoms with Crippen molar-refractivity contribution in [2.24, 2.45) is 0 Å². The average Bonchev–Trinajstić information content (AvgIpc) is 2.76. The Morgan fingerprint density at radius 1 is 1.41 bits per heavy atom. The number of nitrogens with zero attached hydrogens (tertiary/aromatic N) is 4. The van der Waals surface area contributed by atoms with Crippen LogP contribution in [0, 0.1) is 0 Å². The van der Waals surface area contributed by atoms with E-state index in [4.69, 9.17) is 23.2 Å². The van der Waals surface area contributed by atoms with E-state index < -0.39 is 0 Å². The number of tetrazole rings is 1. The Kier molecular flexibility index (Phi) is 3.55. The van der Waals surface area contributed by atoms with Crippen LogP contribution >= 0.6 is 23.2 Å². The van der Waals surface area contributed by atoms with Crippen LogP contribution in [-0.2, 0) is 11.3 Å². The third-order valence-corrected chi connectivity index (χ3v) is 2.46. The predicted molar refractivity (Wildman–Crippen MR) is 62.9 cm³/mol. The standard InChI is InChI=1S/C9H7Cl2N5O/c10-6-1-2-7(11)8(3-6)13-9(17)4-16-5-12-14-15-16/h1-3,5H,4H2,(H,13,17). The van der Waals surface area contributed by atoms with Gasteiger partial charge >= 0.3 is 0 Å². The van der Waals surface area contributed by atoms with Gasteiger partial charge in [-0.05, 0) is 28.6 Å². The lowest BCUT2D eigenvalue weighted by Crippen LogP contribution is -2.19. The number of carbonyl (C=O) groups is 1. The Morgan fingerprint density at radius 3 is 2.94 bits per heavy atom. The largest absolute Gasteiger partial charge is 0.323 e. The quantitative estimate of drug-likeness (QED) is 0.921. The van der Waals surface area contributed by atoms with Gasteiger partial charge < -0.3 is 5.32 Å². The number of hydrogen-bond donors (Lipinski definition) is 1. The first-order valence-electron chi connectivity index (χ1n) is 4.61. The second kappa shape index (κ2) is 5.11. The molecule has 0 saturated heterocycles. The van der Waals surface area contributed by atoms with Crippen molar-refractivity contribution in [1.82, 2.24) is 20.2 Å². The Hall–Kier alpha value is -1.66. The minimum absolute atomic E-state index is 0.00976. The fraction of sp³-hybridized carbons (Fsp3) is 0.111. The van der Waals surface area contributed by atoms with E-state index in [0.29, 0.717) is 15.7 Å². The zero-order chi connectivity index (χ0) is 12.3. The SMILES string of the molecule is O=C(Cn1cnnn1)Nc1cc(Cl)ccc1Cl. The molecule has 0 atom stereocenters. The highest BCUT2D eigenvalue weighted by Crippen LogP contribution is 2.25. The molecule has 2 rings (SSSR count). The van der Waals surface area contributed by atoms with Crippen LogP contribution < -0.4 is 5.32 Å². The molecule has 0 radical (unpaired) electrons. The van der Waals surface area contributed by atoms with Crippen molar-refractivity contribution in [2.45, 2.75) is 6.54 Å². The molecular weight excluding hydrogens is 265 g/mol. The van der Waals surface area contributed by atoms with Crippen LogP contribution in [0.15, 0.2) is 24.5 Å². The molecule has 0 aliphatic heterocycles. The third-order valence-electron chi connectivity index (χ3n) is 1.90. The fourth-order valence-corrected chi connectivity index (χ4v) is 1.52. The van der Waals surface area contributed by atoms with Crippen molar-refractivity contribution < 1.29 is 4.79 Å². The molecule has 1 amide bonds. The number of carbonyl (C=O) groups excluding carboxylic acids is 1. The topological polar surface area (TPSA) is 72.7 Å². The van der Waals surface area contributed by atoms with Crippen LogP contribution in [0.1, 0.15) is 0 Å². The number of hydrogen-bond acceptors (Lipinski definition) is 4. The summed E-state index contributed by atoms with van der Waals surface area (Å²) in [6, 6.07) is 4.82. The van der Waals surface area contributed by atoms with E-state index in [9.17, 15) is 4.79 Å². The van der Waals surface area contributed by atoms with Gasteiger partial charge in [0.15, 0.2) is 0 Å². The Balaban J connectivity index is 2.05. The molecule has 0 spiro atoms. The molecule has 88 valence electrons. The predicted octanol–water partition coefficient (Wildman–Crippen LogP) is 1.62. The minimum Gasteiger partial charge on any atom is -0.323 e. The second-order valence-electron chi connectivity index (χ2n) is 3.18. The van der Waals surface area contributed by atoms with Gasteiger partial charge in [-0.1, -0.05) is 23.2 Å². The lowest BCUT2D eigenvalue weighted by molar-refractivity contribution is -0.116. The highest BCUT2D eigenvalue weighted by atomic mass is 35.5. The summed E-state index contributed by atoms with van der Waals surface area (Å²) >= 11 is 11.7. The normalized spacial score (nSPS) is 10.2. The molecule has 0 saturated carbocycles. The van der Waals surface area contributed by atoms with Gasteiger partial charge in [-0.15, -0.1) is 5.10 Å². The molecule has 2 aromatic rings. The first-order valence-corrected chi connectivity index (χ1v) is 5.36. The third kappa shape index (κ3) is 3.15. The van der Waals surface area contributed by atoms with E-state index >= 15 is 0 Å². The van der Waals surface area contributed by atoms with E-state index in [-0.39, 0.29) is 12.5 Å². The number of halogens is 2. The van der Waals surface area contributed by atoms with Crippen LogP contribution in [0.4, 0.5) is 5.69 Å². The number of aromatic nitrogens is 4. The summed E-state index contributed by atoms with van der Waals surface area (Å²) < 4.78 is 1.30. The summed E-state index contributed by atoms with van der Waals surface area (Å²) in [6.45, 7) is 0.00976. The van der Waals surface area contributed by atoms with Crippen molar-refractivity contribution in [1.29, 1.82) is 0 Å². The second-order valence-corrected chi connectivity index (χ2v) is 4.02. The van der Waals surface area contributed by atoms with Gasteiger partial charge in [0.1, 0.15) is 12.9 Å². The molecule has 0 aliphatic rings. The molecule has 0 fully saturated rings. The molecule has 0 aliphatic carbocycles. The Bertz CT molecular complexity index is 528. The van der Waals surface area contributed by atoms with Gasteiger partial charge in [0.2, 0.25) is 5.91 Å². The molecule has 1 N–H and O–H groups in total. The van der Waals surface area contributed by atoms with Crippen LogP contribution in [0.2, 0.25) is 10.0 Å². The monoisotopic (exact) mass is 271 g/mol. The van der Waals surface area contributed by atoms with E-state index in [1.807, 2.05) is 0 Å². The van der Waals surface area contributed by atoms with Gasteiger partial charge in [0.25, 0.3) is 0 Å². The first kappa shape index (κ1) is 11.8. The zero-order valence-electron chi connectivity index (χ0n) is 8.47. The summed E-state index contributed by atoms with van der Waals surface area (Å²) in [7, 11) is 0. The summed E-state index contributed by atoms with van der Waals surface area (Å²) in [5.74, 6) is -0.290. The van der Waals surface area contributed by atoms with E-state index in [1.54, 1.807) is 18.2 Å². The van der Waals surface area contributed by atoms with Crippen LogP contribution in [0.5, 0.6) is 0 Å². The van der Waals surface area contributed by atoms with Crippen molar-refractivity contribution in [2.75, 3.05) is 5.32 Å². The van der Waals surface area contributed by atoms with Crippen molar-refractivity contribution in [3.05, 3.63) is 34.6 Å². The van der Waals surface area contributed by atoms with Crippen LogP contribution in [0.25, 0.3) is 0 Å². The van der Waals surface area contributed by atoms with E-state index in [2.05, 4.69) is 20.8 Å². The van der Waals surface area contributed by atoms with Crippen LogP contribution in [-0.4, -0.2) is 26.1 Å². The first-order chi connectivity index (χ1) is 8.15. The molecule has 0 unspecified atom stereocenters. The maximum absolute atomic E-state index is 11.6. The highest BCUT2D eigenvalue weighted by molar-refractivity contribution is 6.35. The smallest absolute Gasteiger partial charge is 0.246 e. The maximum Gasteiger partial charge on any atom is 0.246 e. The molecular formula is C9H7Cl2N5O. The summed E-state index contributed by atoms with van der Waals surface area (Å²) in [5, 5.41) is 13.9. The van der Waals surface area contributed by atoms with Gasteiger partial charge in [-0.25, -0.2) is 4.68 Å². The highest BCUT2D eigenvalue weighted by Gasteiger charge is 2.07. The summed E-state index contributed by atoms with van der Waals surface area (Å²) in [4.78, 5) is 11.6. The number of nitrogens with one attached hydrogen (secondary N) is 1. The minimum atomic E-state index is -0.290. The van der Waals surface area contributed by atoms with Gasteiger partial charge in [0.05, 0.1) is 10.7 Å². The Labute approximate surface area is 107 Å².